The lowest BCUT2D eigenvalue weighted by Crippen LogP contribution is -2.33. The van der Waals surface area contributed by atoms with Gasteiger partial charge in [-0.1, -0.05) is 6.58 Å². The average Bonchev–Trinajstić information content (AvgIpc) is 2.13. The molecule has 4 heteroatoms. The average molecular weight is 186 g/mol. The summed E-state index contributed by atoms with van der Waals surface area (Å²) in [5.74, 6) is -1.13. The Kier molecular flexibility index (Phi) is 5.80. The molecule has 0 rings (SSSR count). The highest BCUT2D eigenvalue weighted by Crippen LogP contribution is 1.98. The number of hydrogen-bond donors (Lipinski definition) is 0. The van der Waals surface area contributed by atoms with Gasteiger partial charge in [0.2, 0.25) is 6.10 Å². The van der Waals surface area contributed by atoms with Gasteiger partial charge in [0.15, 0.2) is 5.78 Å². The van der Waals surface area contributed by atoms with E-state index in [1.54, 1.807) is 13.8 Å². The number of ketones is 1. The summed E-state index contributed by atoms with van der Waals surface area (Å²) in [6.45, 7) is 7.14. The third-order valence-electron chi connectivity index (χ3n) is 1.29. The SMILES string of the molecule is C=CC(=O)C(OCC)C(=O)OCC. The molecule has 0 aromatic heterocycles. The molecular formula is C9H14O4. The van der Waals surface area contributed by atoms with Crippen LogP contribution in [0.4, 0.5) is 0 Å². The van der Waals surface area contributed by atoms with Crippen LogP contribution in [0.15, 0.2) is 12.7 Å². The highest BCUT2D eigenvalue weighted by molar-refractivity contribution is 6.07. The second-order valence-electron chi connectivity index (χ2n) is 2.19. The highest BCUT2D eigenvalue weighted by Gasteiger charge is 2.25. The number of ether oxygens (including phenoxy) is 2. The van der Waals surface area contributed by atoms with Crippen LogP contribution in [0, 0.1) is 0 Å². The number of rotatable bonds is 6. The predicted octanol–water partition coefficient (Wildman–Crippen LogP) is 0.710. The summed E-state index contributed by atoms with van der Waals surface area (Å²) in [5.41, 5.74) is 0. The van der Waals surface area contributed by atoms with E-state index < -0.39 is 17.9 Å². The molecule has 0 N–H and O–H groups in total. The molecule has 1 unspecified atom stereocenters. The number of hydrogen-bond acceptors (Lipinski definition) is 4. The fraction of sp³-hybridized carbons (Fsp3) is 0.556. The molecule has 0 amide bonds. The van der Waals surface area contributed by atoms with Crippen LogP contribution in [-0.4, -0.2) is 31.1 Å². The lowest BCUT2D eigenvalue weighted by molar-refractivity contribution is -0.159. The molecule has 0 aromatic rings. The van der Waals surface area contributed by atoms with Gasteiger partial charge in [-0.05, 0) is 19.9 Å². The summed E-state index contributed by atoms with van der Waals surface area (Å²) in [6, 6.07) is 0. The first-order valence-electron chi connectivity index (χ1n) is 4.11. The maximum atomic E-state index is 11.1. The van der Waals surface area contributed by atoms with Crippen LogP contribution in [0.1, 0.15) is 13.8 Å². The molecule has 0 radical (unpaired) electrons. The second kappa shape index (κ2) is 6.37. The van der Waals surface area contributed by atoms with Crippen molar-refractivity contribution in [3.63, 3.8) is 0 Å². The Morgan fingerprint density at radius 2 is 2.00 bits per heavy atom. The van der Waals surface area contributed by atoms with Crippen LogP contribution in [0.3, 0.4) is 0 Å². The second-order valence-corrected chi connectivity index (χ2v) is 2.19. The van der Waals surface area contributed by atoms with E-state index in [1.165, 1.54) is 0 Å². The van der Waals surface area contributed by atoms with E-state index in [0.29, 0.717) is 0 Å². The van der Waals surface area contributed by atoms with Crippen molar-refractivity contribution < 1.29 is 19.1 Å². The van der Waals surface area contributed by atoms with Gasteiger partial charge < -0.3 is 9.47 Å². The molecule has 0 saturated carbocycles. The third kappa shape index (κ3) is 3.85. The summed E-state index contributed by atoms with van der Waals surface area (Å²) < 4.78 is 9.56. The first kappa shape index (κ1) is 11.8. The summed E-state index contributed by atoms with van der Waals surface area (Å²) in [5, 5.41) is 0. The fourth-order valence-electron chi connectivity index (χ4n) is 0.758. The van der Waals surface area contributed by atoms with Crippen molar-refractivity contribution in [2.24, 2.45) is 0 Å². The molecule has 0 aliphatic heterocycles. The van der Waals surface area contributed by atoms with Crippen molar-refractivity contribution in [1.29, 1.82) is 0 Å². The monoisotopic (exact) mass is 186 g/mol. The van der Waals surface area contributed by atoms with Crippen molar-refractivity contribution in [3.05, 3.63) is 12.7 Å². The molecule has 13 heavy (non-hydrogen) atoms. The van der Waals surface area contributed by atoms with E-state index in [-0.39, 0.29) is 13.2 Å². The molecule has 4 nitrogen and oxygen atoms in total. The van der Waals surface area contributed by atoms with E-state index in [4.69, 9.17) is 4.74 Å². The Morgan fingerprint density at radius 3 is 2.38 bits per heavy atom. The minimum Gasteiger partial charge on any atom is -0.464 e. The predicted molar refractivity (Wildman–Crippen MR) is 47.3 cm³/mol. The maximum Gasteiger partial charge on any atom is 0.343 e. The standard InChI is InChI=1S/C9H14O4/c1-4-7(10)8(12-5-2)9(11)13-6-3/h4,8H,1,5-6H2,2-3H3. The van der Waals surface area contributed by atoms with Crippen molar-refractivity contribution in [1.82, 2.24) is 0 Å². The molecule has 0 aliphatic rings. The molecule has 0 heterocycles. The van der Waals surface area contributed by atoms with Crippen LogP contribution in [0.2, 0.25) is 0 Å². The molecule has 0 saturated heterocycles. The van der Waals surface area contributed by atoms with Gasteiger partial charge in [-0.15, -0.1) is 0 Å². The van der Waals surface area contributed by atoms with Crippen LogP contribution in [-0.2, 0) is 19.1 Å². The van der Waals surface area contributed by atoms with Gasteiger partial charge in [-0.3, -0.25) is 4.79 Å². The topological polar surface area (TPSA) is 52.6 Å². The first-order chi connectivity index (χ1) is 6.17. The van der Waals surface area contributed by atoms with Crippen molar-refractivity contribution in [2.75, 3.05) is 13.2 Å². The Morgan fingerprint density at radius 1 is 1.38 bits per heavy atom. The Hall–Kier alpha value is -1.16. The highest BCUT2D eigenvalue weighted by atomic mass is 16.6. The number of carbonyl (C=O) groups excluding carboxylic acids is 2. The molecule has 0 fully saturated rings. The van der Waals surface area contributed by atoms with Gasteiger partial charge in [-0.2, -0.15) is 0 Å². The van der Waals surface area contributed by atoms with E-state index in [1.807, 2.05) is 0 Å². The first-order valence-corrected chi connectivity index (χ1v) is 4.11. The van der Waals surface area contributed by atoms with Crippen molar-refractivity contribution >= 4 is 11.8 Å². The zero-order valence-electron chi connectivity index (χ0n) is 7.91. The molecule has 0 aromatic carbocycles. The summed E-state index contributed by atoms with van der Waals surface area (Å²) >= 11 is 0. The maximum absolute atomic E-state index is 11.1. The van der Waals surface area contributed by atoms with Gasteiger partial charge in [-0.25, -0.2) is 4.79 Å². The molecule has 0 bridgehead atoms. The van der Waals surface area contributed by atoms with Gasteiger partial charge in [0.05, 0.1) is 6.61 Å². The Labute approximate surface area is 77.5 Å². The minimum absolute atomic E-state index is 0.229. The van der Waals surface area contributed by atoms with Gasteiger partial charge in [0.25, 0.3) is 0 Å². The summed E-state index contributed by atoms with van der Waals surface area (Å²) in [4.78, 5) is 22.2. The smallest absolute Gasteiger partial charge is 0.343 e. The summed E-state index contributed by atoms with van der Waals surface area (Å²) in [6.07, 6.45) is -0.0977. The molecule has 0 aliphatic carbocycles. The van der Waals surface area contributed by atoms with E-state index in [2.05, 4.69) is 11.3 Å². The van der Waals surface area contributed by atoms with E-state index >= 15 is 0 Å². The van der Waals surface area contributed by atoms with Crippen LogP contribution < -0.4 is 0 Å². The normalized spacial score (nSPS) is 11.8. The third-order valence-corrected chi connectivity index (χ3v) is 1.29. The van der Waals surface area contributed by atoms with E-state index in [0.717, 1.165) is 6.08 Å². The number of esters is 1. The Bertz CT molecular complexity index is 198. The lowest BCUT2D eigenvalue weighted by atomic mass is 10.2. The fourth-order valence-corrected chi connectivity index (χ4v) is 0.758. The van der Waals surface area contributed by atoms with Crippen molar-refractivity contribution in [2.45, 2.75) is 20.0 Å². The van der Waals surface area contributed by atoms with Crippen LogP contribution in [0.25, 0.3) is 0 Å². The summed E-state index contributed by atoms with van der Waals surface area (Å²) in [7, 11) is 0. The molecular weight excluding hydrogens is 172 g/mol. The quantitative estimate of drug-likeness (QED) is 0.348. The number of carbonyl (C=O) groups is 2. The zero-order chi connectivity index (χ0) is 10.3. The van der Waals surface area contributed by atoms with Gasteiger partial charge in [0, 0.05) is 6.61 Å². The molecule has 0 spiro atoms. The zero-order valence-corrected chi connectivity index (χ0v) is 7.91. The Balaban J connectivity index is 4.30. The van der Waals surface area contributed by atoms with Gasteiger partial charge in [0.1, 0.15) is 0 Å². The lowest BCUT2D eigenvalue weighted by Gasteiger charge is -2.11. The van der Waals surface area contributed by atoms with Crippen LogP contribution in [0.5, 0.6) is 0 Å². The molecule has 1 atom stereocenters. The van der Waals surface area contributed by atoms with E-state index in [9.17, 15) is 9.59 Å². The minimum atomic E-state index is -1.15. The van der Waals surface area contributed by atoms with Crippen molar-refractivity contribution in [3.8, 4) is 0 Å². The molecule has 74 valence electrons. The van der Waals surface area contributed by atoms with Crippen LogP contribution >= 0.6 is 0 Å². The van der Waals surface area contributed by atoms with Gasteiger partial charge >= 0.3 is 5.97 Å². The largest absolute Gasteiger partial charge is 0.464 e.